The van der Waals surface area contributed by atoms with Crippen LogP contribution in [0.4, 0.5) is 27.4 Å². The second-order valence-electron chi connectivity index (χ2n) is 14.1. The third-order valence-electron chi connectivity index (χ3n) is 10.6. The highest BCUT2D eigenvalue weighted by atomic mass is 19.1. The first-order valence-corrected chi connectivity index (χ1v) is 18.0. The third-order valence-corrected chi connectivity index (χ3v) is 10.6. The average molecular weight is 699 g/mol. The first-order chi connectivity index (χ1) is 24.7. The van der Waals surface area contributed by atoms with Crippen molar-refractivity contribution in [2.24, 2.45) is 7.05 Å². The number of carbonyl (C=O) groups excluding carboxylic acids is 1. The van der Waals surface area contributed by atoms with Crippen molar-refractivity contribution in [3.05, 3.63) is 82.0 Å². The Kier molecular flexibility index (Phi) is 9.95. The Morgan fingerprint density at radius 1 is 1.04 bits per heavy atom. The normalized spacial score (nSPS) is 19.7. The molecule has 0 saturated carbocycles. The zero-order valence-corrected chi connectivity index (χ0v) is 29.8. The summed E-state index contributed by atoms with van der Waals surface area (Å²) in [5.74, 6) is -0.180. The molecule has 3 aliphatic rings. The Morgan fingerprint density at radius 2 is 1.86 bits per heavy atom. The third kappa shape index (κ3) is 6.65. The van der Waals surface area contributed by atoms with Crippen LogP contribution >= 0.6 is 0 Å². The Labute approximate surface area is 297 Å². The number of pyridine rings is 3. The van der Waals surface area contributed by atoms with Crippen molar-refractivity contribution in [3.63, 3.8) is 0 Å². The molecule has 4 aromatic rings. The summed E-state index contributed by atoms with van der Waals surface area (Å²) in [5.41, 5.74) is 3.30. The highest BCUT2D eigenvalue weighted by molar-refractivity contribution is 6.06. The molecule has 2 atom stereocenters. The highest BCUT2D eigenvalue weighted by Crippen LogP contribution is 2.34. The lowest BCUT2D eigenvalue weighted by Crippen LogP contribution is -2.63. The van der Waals surface area contributed by atoms with Crippen molar-refractivity contribution >= 4 is 28.9 Å². The van der Waals surface area contributed by atoms with E-state index in [9.17, 15) is 14.7 Å². The number of rotatable bonds is 11. The number of aliphatic hydroxyl groups is 1. The minimum absolute atomic E-state index is 0.0194. The summed E-state index contributed by atoms with van der Waals surface area (Å²) in [6.45, 7) is 10.3. The maximum Gasteiger partial charge on any atom is 0.279 e. The van der Waals surface area contributed by atoms with Gasteiger partial charge in [0.25, 0.3) is 11.5 Å². The van der Waals surface area contributed by atoms with E-state index in [2.05, 4.69) is 45.9 Å². The first kappa shape index (κ1) is 34.8. The van der Waals surface area contributed by atoms with Gasteiger partial charge in [-0.1, -0.05) is 19.8 Å². The van der Waals surface area contributed by atoms with Gasteiger partial charge in [-0.3, -0.25) is 19.4 Å². The van der Waals surface area contributed by atoms with Gasteiger partial charge in [0.1, 0.15) is 23.0 Å². The molecule has 2 saturated heterocycles. The predicted molar refractivity (Wildman–Crippen MR) is 195 cm³/mol. The van der Waals surface area contributed by atoms with Crippen LogP contribution in [0.3, 0.4) is 0 Å². The largest absolute Gasteiger partial charge is 0.392 e. The molecule has 7 rings (SSSR count). The second kappa shape index (κ2) is 14.6. The molecule has 0 spiro atoms. The van der Waals surface area contributed by atoms with E-state index in [1.54, 1.807) is 42.3 Å². The molecule has 51 heavy (non-hydrogen) atoms. The summed E-state index contributed by atoms with van der Waals surface area (Å²) in [7, 11) is 1.66. The fourth-order valence-corrected chi connectivity index (χ4v) is 7.65. The fourth-order valence-electron chi connectivity index (χ4n) is 7.65. The number of piperazine rings is 1. The number of unbranched alkanes of at least 4 members (excludes halogenated alkanes) is 2. The van der Waals surface area contributed by atoms with Gasteiger partial charge in [0.05, 0.1) is 37.7 Å². The van der Waals surface area contributed by atoms with E-state index in [-0.39, 0.29) is 23.6 Å². The standard InChI is InChI=1S/C38H47FN8O4/c1-5-6-7-8-26-20-44-13-14-45(38(50)35(44)34(26)39)36-31(21-48)30(11-12-40-36)27-15-32(37(49)43(4)19-27)42-33-10-9-28(16-41-33)46-17-25(3)47(18-24(46)2)29-22-51-23-29/h9-12,15-16,19-20,24-25,29,48H,5-8,13-14,17-18,21-23H2,1-4H3,(H,41,42)/t24-,25+/m0/s1. The van der Waals surface area contributed by atoms with Gasteiger partial charge in [-0.2, -0.15) is 0 Å². The summed E-state index contributed by atoms with van der Waals surface area (Å²) >= 11 is 0. The van der Waals surface area contributed by atoms with E-state index in [4.69, 9.17) is 4.74 Å². The molecule has 0 unspecified atom stereocenters. The molecular weight excluding hydrogens is 651 g/mol. The van der Waals surface area contributed by atoms with Crippen molar-refractivity contribution in [2.75, 3.05) is 48.0 Å². The van der Waals surface area contributed by atoms with E-state index in [0.717, 1.165) is 51.3 Å². The molecule has 3 aliphatic heterocycles. The van der Waals surface area contributed by atoms with Crippen LogP contribution in [0.25, 0.3) is 11.1 Å². The smallest absolute Gasteiger partial charge is 0.279 e. The maximum absolute atomic E-state index is 15.5. The lowest BCUT2D eigenvalue weighted by atomic mass is 10.0. The summed E-state index contributed by atoms with van der Waals surface area (Å²) < 4.78 is 24.1. The number of fused-ring (bicyclic) bond motifs is 1. The van der Waals surface area contributed by atoms with Crippen LogP contribution in [0.1, 0.15) is 61.6 Å². The number of ether oxygens (including phenoxy) is 1. The van der Waals surface area contributed by atoms with Gasteiger partial charge >= 0.3 is 0 Å². The number of amides is 1. The quantitative estimate of drug-likeness (QED) is 0.215. The molecule has 0 aliphatic carbocycles. The Morgan fingerprint density at radius 3 is 2.57 bits per heavy atom. The molecule has 2 fully saturated rings. The molecule has 270 valence electrons. The lowest BCUT2D eigenvalue weighted by molar-refractivity contribution is -0.0828. The van der Waals surface area contributed by atoms with Gasteiger partial charge in [0.15, 0.2) is 5.82 Å². The number of anilines is 4. The Balaban J connectivity index is 1.12. The van der Waals surface area contributed by atoms with Crippen LogP contribution in [0.2, 0.25) is 0 Å². The molecule has 0 aromatic carbocycles. The number of aliphatic hydroxyl groups excluding tert-OH is 1. The molecule has 12 nitrogen and oxygen atoms in total. The number of nitrogens with one attached hydrogen (secondary N) is 1. The Bertz CT molecular complexity index is 1960. The number of nitrogens with zero attached hydrogens (tertiary/aromatic N) is 7. The molecular formula is C38H47FN8O4. The molecule has 1 amide bonds. The Hall–Kier alpha value is -4.59. The van der Waals surface area contributed by atoms with Gasteiger partial charge in [-0.15, -0.1) is 0 Å². The van der Waals surface area contributed by atoms with Crippen molar-refractivity contribution < 1.29 is 19.0 Å². The number of aromatic nitrogens is 4. The fraction of sp³-hybridized carbons (Fsp3) is 0.474. The molecule has 2 N–H and O–H groups in total. The van der Waals surface area contributed by atoms with Crippen molar-refractivity contribution in [1.29, 1.82) is 0 Å². The number of hydrogen-bond acceptors (Lipinski definition) is 9. The van der Waals surface area contributed by atoms with Crippen molar-refractivity contribution in [2.45, 2.75) is 77.7 Å². The predicted octanol–water partition coefficient (Wildman–Crippen LogP) is 4.71. The van der Waals surface area contributed by atoms with Crippen LogP contribution < -0.4 is 20.7 Å². The van der Waals surface area contributed by atoms with E-state index >= 15 is 4.39 Å². The van der Waals surface area contributed by atoms with E-state index in [0.29, 0.717) is 64.9 Å². The summed E-state index contributed by atoms with van der Waals surface area (Å²) in [4.78, 5) is 42.6. The van der Waals surface area contributed by atoms with E-state index in [1.165, 1.54) is 9.47 Å². The molecule has 0 radical (unpaired) electrons. The van der Waals surface area contributed by atoms with Gasteiger partial charge in [-0.25, -0.2) is 14.4 Å². The van der Waals surface area contributed by atoms with Gasteiger partial charge < -0.3 is 29.2 Å². The van der Waals surface area contributed by atoms with Crippen LogP contribution in [-0.4, -0.2) is 86.0 Å². The topological polar surface area (TPSA) is 121 Å². The zero-order valence-electron chi connectivity index (χ0n) is 29.8. The van der Waals surface area contributed by atoms with Crippen LogP contribution in [-0.2, 0) is 31.4 Å². The van der Waals surface area contributed by atoms with Gasteiger partial charge in [-0.05, 0) is 56.5 Å². The van der Waals surface area contributed by atoms with Gasteiger partial charge in [0.2, 0.25) is 0 Å². The average Bonchev–Trinajstić information content (AvgIpc) is 3.43. The SMILES string of the molecule is CCCCCc1cn2c(c1F)C(=O)N(c1nccc(-c3cc(Nc4ccc(N5C[C@@H](C)N(C6COC6)C[C@@H]5C)cn4)c(=O)n(C)c3)c1CO)CC2. The molecule has 7 heterocycles. The minimum atomic E-state index is -0.490. The van der Waals surface area contributed by atoms with E-state index < -0.39 is 18.3 Å². The van der Waals surface area contributed by atoms with Crippen LogP contribution in [0, 0.1) is 5.82 Å². The van der Waals surface area contributed by atoms with Gasteiger partial charge in [0, 0.05) is 80.6 Å². The van der Waals surface area contributed by atoms with Crippen LogP contribution in [0.15, 0.2) is 53.8 Å². The summed E-state index contributed by atoms with van der Waals surface area (Å²) in [5, 5.41) is 13.8. The monoisotopic (exact) mass is 698 g/mol. The van der Waals surface area contributed by atoms with Crippen molar-refractivity contribution in [3.8, 4) is 11.1 Å². The number of carbonyl (C=O) groups is 1. The molecule has 4 aromatic heterocycles. The first-order valence-electron chi connectivity index (χ1n) is 18.0. The number of aryl methyl sites for hydroxylation is 2. The van der Waals surface area contributed by atoms with Crippen molar-refractivity contribution in [1.82, 2.24) is 24.0 Å². The zero-order chi connectivity index (χ0) is 35.8. The minimum Gasteiger partial charge on any atom is -0.392 e. The summed E-state index contributed by atoms with van der Waals surface area (Å²) in [6.07, 6.45) is 10.3. The second-order valence-corrected chi connectivity index (χ2v) is 14.1. The van der Waals surface area contributed by atoms with E-state index in [1.807, 2.05) is 18.3 Å². The number of halogens is 1. The maximum atomic E-state index is 15.5. The molecule has 13 heteroatoms. The number of hydrogen-bond donors (Lipinski definition) is 2. The highest BCUT2D eigenvalue weighted by Gasteiger charge is 2.37. The lowest BCUT2D eigenvalue weighted by Gasteiger charge is -2.50. The molecule has 0 bridgehead atoms. The van der Waals surface area contributed by atoms with Crippen LogP contribution in [0.5, 0.6) is 0 Å². The summed E-state index contributed by atoms with van der Waals surface area (Å²) in [6, 6.07) is 8.57.